The molecule has 0 aromatic heterocycles. The van der Waals surface area contributed by atoms with E-state index in [0.29, 0.717) is 28.4 Å². The molecule has 0 aliphatic rings. The number of nitrogens with one attached hydrogen (secondary N) is 1. The van der Waals surface area contributed by atoms with Gasteiger partial charge in [-0.15, -0.1) is 0 Å². The number of methoxy groups -OCH3 is 2. The van der Waals surface area contributed by atoms with Crippen molar-refractivity contribution in [3.8, 4) is 11.5 Å². The quantitative estimate of drug-likeness (QED) is 0.851. The smallest absolute Gasteiger partial charge is 0.255 e. The number of hydrogen-bond acceptors (Lipinski definition) is 4. The van der Waals surface area contributed by atoms with Crippen molar-refractivity contribution < 1.29 is 14.3 Å². The van der Waals surface area contributed by atoms with Crippen molar-refractivity contribution in [2.45, 2.75) is 13.8 Å². The van der Waals surface area contributed by atoms with Crippen LogP contribution in [0.5, 0.6) is 11.5 Å². The van der Waals surface area contributed by atoms with Crippen LogP contribution in [0.4, 0.5) is 11.4 Å². The number of carbonyl (C=O) groups is 1. The Morgan fingerprint density at radius 3 is 2.23 bits per heavy atom. The maximum atomic E-state index is 12.3. The molecule has 0 saturated carbocycles. The molecule has 3 N–H and O–H groups in total. The summed E-state index contributed by atoms with van der Waals surface area (Å²) in [6.45, 7) is 3.97. The average Bonchev–Trinajstić information content (AvgIpc) is 2.51. The van der Waals surface area contributed by atoms with Crippen LogP contribution in [0.3, 0.4) is 0 Å². The van der Waals surface area contributed by atoms with E-state index in [2.05, 4.69) is 5.32 Å². The molecule has 2 aromatic rings. The Balaban J connectivity index is 2.29. The highest BCUT2D eigenvalue weighted by atomic mass is 16.5. The molecule has 0 saturated heterocycles. The second kappa shape index (κ2) is 6.39. The first kappa shape index (κ1) is 15.7. The van der Waals surface area contributed by atoms with Gasteiger partial charge >= 0.3 is 0 Å². The van der Waals surface area contributed by atoms with Gasteiger partial charge in [0.05, 0.1) is 25.6 Å². The highest BCUT2D eigenvalue weighted by molar-refractivity contribution is 6.06. The lowest BCUT2D eigenvalue weighted by molar-refractivity contribution is 0.102. The van der Waals surface area contributed by atoms with Gasteiger partial charge in [-0.2, -0.15) is 0 Å². The number of benzene rings is 2. The number of hydrogen-bond donors (Lipinski definition) is 2. The molecule has 0 fully saturated rings. The van der Waals surface area contributed by atoms with Gasteiger partial charge in [0, 0.05) is 17.7 Å². The molecule has 0 aliphatic carbocycles. The topological polar surface area (TPSA) is 73.6 Å². The fourth-order valence-corrected chi connectivity index (χ4v) is 2.08. The summed E-state index contributed by atoms with van der Waals surface area (Å²) in [5, 5.41) is 2.80. The van der Waals surface area contributed by atoms with Crippen molar-refractivity contribution in [2.75, 3.05) is 25.3 Å². The first-order chi connectivity index (χ1) is 10.5. The van der Waals surface area contributed by atoms with E-state index in [4.69, 9.17) is 15.2 Å². The molecule has 22 heavy (non-hydrogen) atoms. The zero-order valence-corrected chi connectivity index (χ0v) is 13.2. The summed E-state index contributed by atoms with van der Waals surface area (Å²) in [5.74, 6) is 0.804. The lowest BCUT2D eigenvalue weighted by Crippen LogP contribution is -2.13. The first-order valence-corrected chi connectivity index (χ1v) is 6.86. The van der Waals surface area contributed by atoms with Crippen molar-refractivity contribution in [2.24, 2.45) is 0 Å². The van der Waals surface area contributed by atoms with Gasteiger partial charge in [0.25, 0.3) is 5.91 Å². The minimum absolute atomic E-state index is 0.220. The predicted octanol–water partition coefficient (Wildman–Crippen LogP) is 3.16. The Bertz CT molecular complexity index is 711. The van der Waals surface area contributed by atoms with Crippen LogP contribution in [-0.4, -0.2) is 20.1 Å². The van der Waals surface area contributed by atoms with Crippen molar-refractivity contribution in [1.29, 1.82) is 0 Å². The zero-order valence-electron chi connectivity index (χ0n) is 13.2. The van der Waals surface area contributed by atoms with E-state index < -0.39 is 0 Å². The lowest BCUT2D eigenvalue weighted by Gasteiger charge is -2.13. The number of ether oxygens (including phenoxy) is 2. The van der Waals surface area contributed by atoms with Crippen LogP contribution in [0.15, 0.2) is 30.3 Å². The molecule has 0 aliphatic heterocycles. The molecular formula is C17H20N2O3. The van der Waals surface area contributed by atoms with Crippen molar-refractivity contribution in [1.82, 2.24) is 0 Å². The van der Waals surface area contributed by atoms with Gasteiger partial charge < -0.3 is 20.5 Å². The third kappa shape index (κ3) is 3.14. The summed E-state index contributed by atoms with van der Waals surface area (Å²) in [6, 6.07) is 8.82. The highest BCUT2D eigenvalue weighted by Crippen LogP contribution is 2.35. The Morgan fingerprint density at radius 1 is 1.00 bits per heavy atom. The van der Waals surface area contributed by atoms with Gasteiger partial charge in [-0.05, 0) is 37.1 Å². The molecule has 0 atom stereocenters. The highest BCUT2D eigenvalue weighted by Gasteiger charge is 2.13. The van der Waals surface area contributed by atoms with E-state index in [0.717, 1.165) is 11.1 Å². The van der Waals surface area contributed by atoms with Crippen molar-refractivity contribution >= 4 is 17.3 Å². The van der Waals surface area contributed by atoms with Crippen LogP contribution in [0.1, 0.15) is 21.5 Å². The molecule has 1 amide bonds. The van der Waals surface area contributed by atoms with Crippen LogP contribution in [-0.2, 0) is 0 Å². The van der Waals surface area contributed by atoms with E-state index in [9.17, 15) is 4.79 Å². The number of rotatable bonds is 4. The van der Waals surface area contributed by atoms with E-state index >= 15 is 0 Å². The molecule has 2 rings (SSSR count). The maximum absolute atomic E-state index is 12.3. The number of aryl methyl sites for hydroxylation is 2. The molecule has 0 spiro atoms. The summed E-state index contributed by atoms with van der Waals surface area (Å²) >= 11 is 0. The maximum Gasteiger partial charge on any atom is 0.255 e. The van der Waals surface area contributed by atoms with Crippen LogP contribution in [0, 0.1) is 13.8 Å². The number of nitrogen functional groups attached to an aromatic ring is 1. The Kier molecular flexibility index (Phi) is 4.56. The molecule has 5 nitrogen and oxygen atoms in total. The summed E-state index contributed by atoms with van der Waals surface area (Å²) < 4.78 is 10.4. The lowest BCUT2D eigenvalue weighted by atomic mass is 10.1. The second-order valence-corrected chi connectivity index (χ2v) is 5.05. The van der Waals surface area contributed by atoms with Gasteiger partial charge in [0.2, 0.25) is 0 Å². The van der Waals surface area contributed by atoms with E-state index in [-0.39, 0.29) is 5.91 Å². The molecule has 2 aromatic carbocycles. The Hall–Kier alpha value is -2.69. The Labute approximate surface area is 130 Å². The normalized spacial score (nSPS) is 10.2. The number of amides is 1. The third-order valence-electron chi connectivity index (χ3n) is 3.57. The summed E-state index contributed by atoms with van der Waals surface area (Å²) in [6.07, 6.45) is 0. The van der Waals surface area contributed by atoms with Gasteiger partial charge in [0.1, 0.15) is 0 Å². The summed E-state index contributed by atoms with van der Waals surface area (Å²) in [5.41, 5.74) is 9.63. The minimum Gasteiger partial charge on any atom is -0.493 e. The van der Waals surface area contributed by atoms with Gasteiger partial charge in [0.15, 0.2) is 11.5 Å². The van der Waals surface area contributed by atoms with E-state index in [1.54, 1.807) is 18.2 Å². The molecule has 0 unspecified atom stereocenters. The Morgan fingerprint density at radius 2 is 1.64 bits per heavy atom. The van der Waals surface area contributed by atoms with Gasteiger partial charge in [-0.1, -0.05) is 6.07 Å². The number of carbonyl (C=O) groups excluding carboxylic acids is 1. The molecular weight excluding hydrogens is 280 g/mol. The number of nitrogens with two attached hydrogens (primary N) is 1. The summed E-state index contributed by atoms with van der Waals surface area (Å²) in [4.78, 5) is 12.3. The molecule has 0 radical (unpaired) electrons. The van der Waals surface area contributed by atoms with Crippen LogP contribution in [0.2, 0.25) is 0 Å². The van der Waals surface area contributed by atoms with Crippen LogP contribution in [0.25, 0.3) is 0 Å². The fourth-order valence-electron chi connectivity index (χ4n) is 2.08. The van der Waals surface area contributed by atoms with Crippen LogP contribution >= 0.6 is 0 Å². The average molecular weight is 300 g/mol. The van der Waals surface area contributed by atoms with Crippen LogP contribution < -0.4 is 20.5 Å². The van der Waals surface area contributed by atoms with E-state index in [1.165, 1.54) is 14.2 Å². The molecule has 0 heterocycles. The zero-order chi connectivity index (χ0) is 16.3. The van der Waals surface area contributed by atoms with Crippen molar-refractivity contribution in [3.63, 3.8) is 0 Å². The van der Waals surface area contributed by atoms with Crippen molar-refractivity contribution in [3.05, 3.63) is 47.0 Å². The summed E-state index contributed by atoms with van der Waals surface area (Å²) in [7, 11) is 3.06. The molecule has 0 bridgehead atoms. The largest absolute Gasteiger partial charge is 0.493 e. The van der Waals surface area contributed by atoms with Gasteiger partial charge in [-0.3, -0.25) is 4.79 Å². The van der Waals surface area contributed by atoms with Gasteiger partial charge in [-0.25, -0.2) is 0 Å². The molecule has 116 valence electrons. The molecule has 5 heteroatoms. The van der Waals surface area contributed by atoms with E-state index in [1.807, 2.05) is 26.0 Å². The predicted molar refractivity (Wildman–Crippen MR) is 87.8 cm³/mol. The number of anilines is 2. The third-order valence-corrected chi connectivity index (χ3v) is 3.57. The standard InChI is InChI=1S/C17H20N2O3/c1-10-5-6-12(7-11(10)2)17(20)19-14-9-16(22-4)15(21-3)8-13(14)18/h5-9H,18H2,1-4H3,(H,19,20). The first-order valence-electron chi connectivity index (χ1n) is 6.86. The SMILES string of the molecule is COc1cc(N)c(NC(=O)c2ccc(C)c(C)c2)cc1OC. The fraction of sp³-hybridized carbons (Fsp3) is 0.235. The minimum atomic E-state index is -0.220. The second-order valence-electron chi connectivity index (χ2n) is 5.05. The monoisotopic (exact) mass is 300 g/mol.